The molecule has 5 heteroatoms. The minimum absolute atomic E-state index is 0.303. The molecule has 5 nitrogen and oxygen atoms in total. The number of rotatable bonds is 8. The molecule has 0 atom stereocenters. The van der Waals surface area contributed by atoms with Crippen LogP contribution in [0.1, 0.15) is 103 Å². The van der Waals surface area contributed by atoms with Crippen LogP contribution in [0.3, 0.4) is 0 Å². The van der Waals surface area contributed by atoms with Gasteiger partial charge in [0, 0.05) is 37.7 Å². The second-order valence-corrected chi connectivity index (χ2v) is 9.71. The van der Waals surface area contributed by atoms with Crippen LogP contribution in [0.25, 0.3) is 11.0 Å². The quantitative estimate of drug-likeness (QED) is 0.516. The van der Waals surface area contributed by atoms with Crippen LogP contribution in [0.15, 0.2) is 18.5 Å². The van der Waals surface area contributed by atoms with Crippen LogP contribution in [0, 0.1) is 5.92 Å². The molecule has 0 bridgehead atoms. The van der Waals surface area contributed by atoms with Crippen molar-refractivity contribution in [1.82, 2.24) is 19.4 Å². The van der Waals surface area contributed by atoms with Crippen molar-refractivity contribution in [3.8, 4) is 0 Å². The zero-order valence-electron chi connectivity index (χ0n) is 19.6. The summed E-state index contributed by atoms with van der Waals surface area (Å²) in [6.45, 7) is 5.96. The van der Waals surface area contributed by atoms with E-state index in [0.717, 1.165) is 23.5 Å². The maximum atomic E-state index is 13.2. The summed E-state index contributed by atoms with van der Waals surface area (Å²) < 4.78 is 2.32. The molecule has 2 aromatic rings. The normalized spacial score (nSPS) is 22.6. The molecule has 0 aromatic carbocycles. The Morgan fingerprint density at radius 2 is 1.87 bits per heavy atom. The van der Waals surface area contributed by atoms with E-state index in [1.165, 1.54) is 76.5 Å². The first-order valence-corrected chi connectivity index (χ1v) is 12.8. The van der Waals surface area contributed by atoms with Gasteiger partial charge >= 0.3 is 0 Å². The Morgan fingerprint density at radius 3 is 2.58 bits per heavy atom. The Labute approximate surface area is 187 Å². The third kappa shape index (κ3) is 5.12. The molecule has 31 heavy (non-hydrogen) atoms. The lowest BCUT2D eigenvalue weighted by Gasteiger charge is -2.34. The first-order valence-electron chi connectivity index (χ1n) is 12.8. The molecule has 0 N–H and O–H groups in total. The van der Waals surface area contributed by atoms with E-state index in [2.05, 4.69) is 28.3 Å². The summed E-state index contributed by atoms with van der Waals surface area (Å²) >= 11 is 0. The summed E-state index contributed by atoms with van der Waals surface area (Å²) in [5, 5.41) is 0. The number of hydrogen-bond donors (Lipinski definition) is 0. The fraction of sp³-hybridized carbons (Fsp3) is 0.731. The van der Waals surface area contributed by atoms with Crippen LogP contribution in [0.4, 0.5) is 0 Å². The molecule has 0 aliphatic heterocycles. The topological polar surface area (TPSA) is 51.0 Å². The second-order valence-electron chi connectivity index (χ2n) is 9.71. The molecule has 0 unspecified atom stereocenters. The van der Waals surface area contributed by atoms with E-state index >= 15 is 0 Å². The van der Waals surface area contributed by atoms with Gasteiger partial charge in [0.15, 0.2) is 0 Å². The van der Waals surface area contributed by atoms with Crippen LogP contribution >= 0.6 is 0 Å². The Hall–Kier alpha value is -1.91. The second kappa shape index (κ2) is 10.6. The van der Waals surface area contributed by atoms with Gasteiger partial charge in [0.05, 0.1) is 17.2 Å². The van der Waals surface area contributed by atoms with Gasteiger partial charge in [-0.05, 0) is 57.4 Å². The summed E-state index contributed by atoms with van der Waals surface area (Å²) in [7, 11) is 0. The number of aryl methyl sites for hydroxylation is 1. The molecular weight excluding hydrogens is 384 g/mol. The minimum Gasteiger partial charge on any atom is -0.340 e. The van der Waals surface area contributed by atoms with Gasteiger partial charge < -0.3 is 9.47 Å². The number of aromatic nitrogens is 3. The average Bonchev–Trinajstić information content (AvgIpc) is 3.18. The van der Waals surface area contributed by atoms with E-state index in [4.69, 9.17) is 4.98 Å². The molecule has 0 radical (unpaired) electrons. The third-order valence-corrected chi connectivity index (χ3v) is 7.71. The van der Waals surface area contributed by atoms with Gasteiger partial charge in [0.2, 0.25) is 5.91 Å². The largest absolute Gasteiger partial charge is 0.340 e. The Kier molecular flexibility index (Phi) is 7.62. The van der Waals surface area contributed by atoms with Crippen molar-refractivity contribution >= 4 is 16.9 Å². The maximum Gasteiger partial charge on any atom is 0.224 e. The molecular formula is C26H40N4O. The van der Waals surface area contributed by atoms with Crippen molar-refractivity contribution in [1.29, 1.82) is 0 Å². The van der Waals surface area contributed by atoms with Gasteiger partial charge in [-0.15, -0.1) is 0 Å². The number of amides is 1. The molecule has 0 saturated heterocycles. The highest BCUT2D eigenvalue weighted by Gasteiger charge is 2.28. The van der Waals surface area contributed by atoms with Crippen molar-refractivity contribution in [2.45, 2.75) is 109 Å². The van der Waals surface area contributed by atoms with Gasteiger partial charge in [-0.2, -0.15) is 0 Å². The molecule has 170 valence electrons. The number of pyridine rings is 1. The van der Waals surface area contributed by atoms with Gasteiger partial charge in [0.25, 0.3) is 0 Å². The highest BCUT2D eigenvalue weighted by Crippen LogP contribution is 2.38. The fourth-order valence-electron chi connectivity index (χ4n) is 6.03. The van der Waals surface area contributed by atoms with E-state index in [1.807, 2.05) is 18.5 Å². The smallest absolute Gasteiger partial charge is 0.224 e. The van der Waals surface area contributed by atoms with Gasteiger partial charge in [0.1, 0.15) is 5.82 Å². The summed E-state index contributed by atoms with van der Waals surface area (Å²) in [5.41, 5.74) is 2.11. The standard InChI is InChI=1S/C26H40N4O/c1-3-8-20-11-13-21(14-12-20)26-28-23-15-17-27-19-24(23)30(26)18-16-25(31)29(4-2)22-9-6-5-7-10-22/h15,17,19-22H,3-14,16,18H2,1-2H3/t20-,21-. The monoisotopic (exact) mass is 424 g/mol. The highest BCUT2D eigenvalue weighted by atomic mass is 16.2. The van der Waals surface area contributed by atoms with Crippen LogP contribution in [0.5, 0.6) is 0 Å². The average molecular weight is 425 g/mol. The Balaban J connectivity index is 1.49. The number of fused-ring (bicyclic) bond motifs is 1. The van der Waals surface area contributed by atoms with E-state index in [0.29, 0.717) is 30.8 Å². The van der Waals surface area contributed by atoms with E-state index in [1.54, 1.807) is 0 Å². The van der Waals surface area contributed by atoms with Gasteiger partial charge in [-0.25, -0.2) is 4.98 Å². The summed E-state index contributed by atoms with van der Waals surface area (Å²) in [6, 6.07) is 2.46. The number of imidazole rings is 1. The molecule has 2 aliphatic carbocycles. The maximum absolute atomic E-state index is 13.2. The molecule has 2 saturated carbocycles. The lowest BCUT2D eigenvalue weighted by Crippen LogP contribution is -2.41. The van der Waals surface area contributed by atoms with Crippen LogP contribution in [0.2, 0.25) is 0 Å². The Morgan fingerprint density at radius 1 is 1.10 bits per heavy atom. The summed E-state index contributed by atoms with van der Waals surface area (Å²) in [6.07, 6.45) is 18.2. The zero-order valence-corrected chi connectivity index (χ0v) is 19.6. The van der Waals surface area contributed by atoms with Crippen molar-refractivity contribution in [2.75, 3.05) is 6.54 Å². The van der Waals surface area contributed by atoms with E-state index < -0.39 is 0 Å². The Bertz CT molecular complexity index is 846. The van der Waals surface area contributed by atoms with E-state index in [-0.39, 0.29) is 0 Å². The van der Waals surface area contributed by atoms with Crippen molar-refractivity contribution in [3.05, 3.63) is 24.3 Å². The zero-order chi connectivity index (χ0) is 21.6. The van der Waals surface area contributed by atoms with Crippen molar-refractivity contribution in [3.63, 3.8) is 0 Å². The molecule has 1 amide bonds. The number of nitrogens with zero attached hydrogens (tertiary/aromatic N) is 4. The predicted molar refractivity (Wildman–Crippen MR) is 126 cm³/mol. The third-order valence-electron chi connectivity index (χ3n) is 7.71. The first-order chi connectivity index (χ1) is 15.2. The van der Waals surface area contributed by atoms with E-state index in [9.17, 15) is 4.79 Å². The minimum atomic E-state index is 0.303. The number of hydrogen-bond acceptors (Lipinski definition) is 3. The number of carbonyl (C=O) groups excluding carboxylic acids is 1. The molecule has 2 fully saturated rings. The molecule has 2 aromatic heterocycles. The predicted octanol–water partition coefficient (Wildman–Crippen LogP) is 6.08. The SMILES string of the molecule is CCC[C@H]1CC[C@H](c2nc3ccncc3n2CCC(=O)N(CC)C2CCCCC2)CC1. The summed E-state index contributed by atoms with van der Waals surface area (Å²) in [4.78, 5) is 24.7. The van der Waals surface area contributed by atoms with Crippen LogP contribution < -0.4 is 0 Å². The lowest BCUT2D eigenvalue weighted by atomic mass is 9.79. The van der Waals surface area contributed by atoms with Crippen LogP contribution in [-0.4, -0.2) is 37.9 Å². The highest BCUT2D eigenvalue weighted by molar-refractivity contribution is 5.78. The van der Waals surface area contributed by atoms with Gasteiger partial charge in [-0.1, -0.05) is 39.0 Å². The first kappa shape index (κ1) is 22.3. The molecule has 2 aliphatic rings. The van der Waals surface area contributed by atoms with Gasteiger partial charge in [-0.3, -0.25) is 9.78 Å². The lowest BCUT2D eigenvalue weighted by molar-refractivity contribution is -0.134. The fourth-order valence-corrected chi connectivity index (χ4v) is 6.03. The molecule has 0 spiro atoms. The number of carbonyl (C=O) groups is 1. The van der Waals surface area contributed by atoms with Crippen LogP contribution in [-0.2, 0) is 11.3 Å². The van der Waals surface area contributed by atoms with Crippen molar-refractivity contribution < 1.29 is 4.79 Å². The summed E-state index contributed by atoms with van der Waals surface area (Å²) in [5.74, 6) is 2.89. The molecule has 4 rings (SSSR count). The molecule has 2 heterocycles. The van der Waals surface area contributed by atoms with Crippen molar-refractivity contribution in [2.24, 2.45) is 5.92 Å².